The first-order valence-electron chi connectivity index (χ1n) is 8.92. The van der Waals surface area contributed by atoms with E-state index in [0.29, 0.717) is 18.3 Å². The van der Waals surface area contributed by atoms with Crippen molar-refractivity contribution in [3.63, 3.8) is 0 Å². The number of hydrogen-bond donors (Lipinski definition) is 1. The number of nitrogens with one attached hydrogen (secondary N) is 1. The molecule has 1 heterocycles. The maximum atomic E-state index is 12.7. The smallest absolute Gasteiger partial charge is 0.227 e. The zero-order valence-electron chi connectivity index (χ0n) is 15.2. The standard InChI is InChI=1S/C21H24N2O2S/c1-15-7-3-4-8-17(15)13-22-20(24)11-12-21(25)23-14-16(2)26-19-10-6-5-9-18(19)23/h3-10,16H,11-14H2,1-2H3,(H,22,24)/t16-/m0/s1. The second-order valence-electron chi connectivity index (χ2n) is 6.60. The molecule has 1 aliphatic heterocycles. The lowest BCUT2D eigenvalue weighted by Gasteiger charge is -2.32. The first kappa shape index (κ1) is 18.5. The fourth-order valence-corrected chi connectivity index (χ4v) is 4.18. The van der Waals surface area contributed by atoms with Crippen LogP contribution >= 0.6 is 11.8 Å². The largest absolute Gasteiger partial charge is 0.352 e. The van der Waals surface area contributed by atoms with Crippen molar-refractivity contribution < 1.29 is 9.59 Å². The lowest BCUT2D eigenvalue weighted by Crippen LogP contribution is -2.39. The van der Waals surface area contributed by atoms with E-state index < -0.39 is 0 Å². The van der Waals surface area contributed by atoms with Gasteiger partial charge in [0.25, 0.3) is 0 Å². The van der Waals surface area contributed by atoms with E-state index in [1.807, 2.05) is 60.4 Å². The average molecular weight is 369 g/mol. The second kappa shape index (κ2) is 8.41. The van der Waals surface area contributed by atoms with E-state index in [4.69, 9.17) is 0 Å². The zero-order chi connectivity index (χ0) is 18.5. The molecule has 2 amide bonds. The van der Waals surface area contributed by atoms with Crippen molar-refractivity contribution in [1.29, 1.82) is 0 Å². The summed E-state index contributed by atoms with van der Waals surface area (Å²) in [4.78, 5) is 27.8. The van der Waals surface area contributed by atoms with Gasteiger partial charge in [-0.05, 0) is 30.2 Å². The van der Waals surface area contributed by atoms with Crippen LogP contribution < -0.4 is 10.2 Å². The highest BCUT2D eigenvalue weighted by molar-refractivity contribution is 8.00. The Morgan fingerprint density at radius 3 is 2.65 bits per heavy atom. The first-order valence-corrected chi connectivity index (χ1v) is 9.80. The Hall–Kier alpha value is -2.27. The number of carbonyl (C=O) groups is 2. The van der Waals surface area contributed by atoms with Crippen LogP contribution in [-0.4, -0.2) is 23.6 Å². The summed E-state index contributed by atoms with van der Waals surface area (Å²) in [6.07, 6.45) is 0.441. The summed E-state index contributed by atoms with van der Waals surface area (Å²) in [5, 5.41) is 3.26. The van der Waals surface area contributed by atoms with Crippen molar-refractivity contribution in [1.82, 2.24) is 5.32 Å². The van der Waals surface area contributed by atoms with Gasteiger partial charge in [-0.3, -0.25) is 9.59 Å². The molecule has 136 valence electrons. The number of rotatable bonds is 5. The van der Waals surface area contributed by atoms with Gasteiger partial charge in [0.15, 0.2) is 0 Å². The van der Waals surface area contributed by atoms with Gasteiger partial charge in [0, 0.05) is 36.1 Å². The topological polar surface area (TPSA) is 49.4 Å². The van der Waals surface area contributed by atoms with Crippen molar-refractivity contribution in [3.05, 3.63) is 59.7 Å². The maximum Gasteiger partial charge on any atom is 0.227 e. The molecule has 26 heavy (non-hydrogen) atoms. The number of fused-ring (bicyclic) bond motifs is 1. The van der Waals surface area contributed by atoms with Crippen molar-refractivity contribution in [2.24, 2.45) is 0 Å². The second-order valence-corrected chi connectivity index (χ2v) is 8.08. The van der Waals surface area contributed by atoms with Gasteiger partial charge < -0.3 is 10.2 Å². The number of aryl methyl sites for hydroxylation is 1. The van der Waals surface area contributed by atoms with Gasteiger partial charge in [0.05, 0.1) is 5.69 Å². The summed E-state index contributed by atoms with van der Waals surface area (Å²) in [6, 6.07) is 15.9. The van der Waals surface area contributed by atoms with Crippen LogP contribution in [0.15, 0.2) is 53.4 Å². The molecule has 3 rings (SSSR count). The zero-order valence-corrected chi connectivity index (χ0v) is 16.0. The molecule has 0 aromatic heterocycles. The lowest BCUT2D eigenvalue weighted by atomic mass is 10.1. The molecule has 1 atom stereocenters. The number of carbonyl (C=O) groups excluding carboxylic acids is 2. The molecule has 0 radical (unpaired) electrons. The minimum atomic E-state index is -0.0886. The Morgan fingerprint density at radius 1 is 1.12 bits per heavy atom. The van der Waals surface area contributed by atoms with Crippen LogP contribution in [0.5, 0.6) is 0 Å². The number of benzene rings is 2. The van der Waals surface area contributed by atoms with E-state index in [-0.39, 0.29) is 24.7 Å². The van der Waals surface area contributed by atoms with Crippen LogP contribution in [0.2, 0.25) is 0 Å². The average Bonchev–Trinajstić information content (AvgIpc) is 2.64. The van der Waals surface area contributed by atoms with E-state index in [2.05, 4.69) is 12.2 Å². The van der Waals surface area contributed by atoms with Gasteiger partial charge in [0.2, 0.25) is 11.8 Å². The third-order valence-corrected chi connectivity index (χ3v) is 5.68. The molecule has 0 saturated carbocycles. The Morgan fingerprint density at radius 2 is 1.85 bits per heavy atom. The van der Waals surface area contributed by atoms with Crippen molar-refractivity contribution in [3.8, 4) is 0 Å². The number of amides is 2. The SMILES string of the molecule is Cc1ccccc1CNC(=O)CCC(=O)N1C[C@H](C)Sc2ccccc21. The lowest BCUT2D eigenvalue weighted by molar-refractivity contribution is -0.125. The van der Waals surface area contributed by atoms with Gasteiger partial charge in [0.1, 0.15) is 0 Å². The number of nitrogens with zero attached hydrogens (tertiary/aromatic N) is 1. The Balaban J connectivity index is 1.54. The molecule has 4 nitrogen and oxygen atoms in total. The van der Waals surface area contributed by atoms with E-state index in [9.17, 15) is 9.59 Å². The predicted octanol–water partition coefficient (Wildman–Crippen LogP) is 3.92. The molecule has 0 spiro atoms. The summed E-state index contributed by atoms with van der Waals surface area (Å²) in [6.45, 7) is 5.33. The van der Waals surface area contributed by atoms with Crippen LogP contribution in [0, 0.1) is 6.92 Å². The predicted molar refractivity (Wildman–Crippen MR) is 106 cm³/mol. The highest BCUT2D eigenvalue weighted by atomic mass is 32.2. The number of hydrogen-bond acceptors (Lipinski definition) is 3. The van der Waals surface area contributed by atoms with E-state index in [0.717, 1.165) is 21.7 Å². The maximum absolute atomic E-state index is 12.7. The number of para-hydroxylation sites is 1. The quantitative estimate of drug-likeness (QED) is 0.870. The molecular formula is C21H24N2O2S. The third-order valence-electron chi connectivity index (χ3n) is 4.53. The van der Waals surface area contributed by atoms with Crippen LogP contribution in [-0.2, 0) is 16.1 Å². The van der Waals surface area contributed by atoms with Gasteiger partial charge in [-0.1, -0.05) is 43.3 Å². The highest BCUT2D eigenvalue weighted by Gasteiger charge is 2.26. The van der Waals surface area contributed by atoms with Crippen molar-refractivity contribution in [2.75, 3.05) is 11.4 Å². The Bertz CT molecular complexity index is 806. The van der Waals surface area contributed by atoms with Gasteiger partial charge in [-0.25, -0.2) is 0 Å². The molecule has 0 bridgehead atoms. The van der Waals surface area contributed by atoms with Crippen LogP contribution in [0.4, 0.5) is 5.69 Å². The molecule has 0 saturated heterocycles. The summed E-state index contributed by atoms with van der Waals surface area (Å²) in [5.74, 6) is -0.0787. The molecule has 0 aliphatic carbocycles. The molecule has 1 N–H and O–H groups in total. The molecule has 5 heteroatoms. The normalized spacial score (nSPS) is 16.1. The van der Waals surface area contributed by atoms with Crippen LogP contribution in [0.25, 0.3) is 0 Å². The van der Waals surface area contributed by atoms with Crippen LogP contribution in [0.3, 0.4) is 0 Å². The molecule has 2 aromatic rings. The van der Waals surface area contributed by atoms with Gasteiger partial charge in [-0.2, -0.15) is 0 Å². The first-order chi connectivity index (χ1) is 12.5. The minimum absolute atomic E-state index is 0.00985. The van der Waals surface area contributed by atoms with E-state index in [1.165, 1.54) is 0 Å². The van der Waals surface area contributed by atoms with Gasteiger partial charge >= 0.3 is 0 Å². The fourth-order valence-electron chi connectivity index (χ4n) is 3.07. The highest BCUT2D eigenvalue weighted by Crippen LogP contribution is 2.38. The Labute approximate surface area is 159 Å². The third kappa shape index (κ3) is 4.47. The van der Waals surface area contributed by atoms with E-state index in [1.54, 1.807) is 11.8 Å². The molecule has 1 aliphatic rings. The Kier molecular flexibility index (Phi) is 5.99. The minimum Gasteiger partial charge on any atom is -0.352 e. The molecule has 0 fully saturated rings. The van der Waals surface area contributed by atoms with Crippen LogP contribution in [0.1, 0.15) is 30.9 Å². The molecular weight excluding hydrogens is 344 g/mol. The number of thioether (sulfide) groups is 1. The number of anilines is 1. The summed E-state index contributed by atoms with van der Waals surface area (Å²) in [5.41, 5.74) is 3.21. The fraction of sp³-hybridized carbons (Fsp3) is 0.333. The monoisotopic (exact) mass is 368 g/mol. The summed E-state index contributed by atoms with van der Waals surface area (Å²) in [7, 11) is 0. The summed E-state index contributed by atoms with van der Waals surface area (Å²) < 4.78 is 0. The van der Waals surface area contributed by atoms with Gasteiger partial charge in [-0.15, -0.1) is 11.8 Å². The molecule has 0 unspecified atom stereocenters. The summed E-state index contributed by atoms with van der Waals surface area (Å²) >= 11 is 1.79. The van der Waals surface area contributed by atoms with Crippen molar-refractivity contribution in [2.45, 2.75) is 43.4 Å². The molecule has 2 aromatic carbocycles. The van der Waals surface area contributed by atoms with E-state index >= 15 is 0 Å². The van der Waals surface area contributed by atoms with Crippen molar-refractivity contribution >= 4 is 29.3 Å².